The average Bonchev–Trinajstić information content (AvgIpc) is 3.21. The zero-order chi connectivity index (χ0) is 17.4. The zero-order valence-corrected chi connectivity index (χ0v) is 14.4. The van der Waals surface area contributed by atoms with Crippen LogP contribution in [0.1, 0.15) is 21.5 Å². The number of benzene rings is 2. The predicted octanol–water partition coefficient (Wildman–Crippen LogP) is 4.02. The first-order valence-corrected chi connectivity index (χ1v) is 8.38. The number of aryl methyl sites for hydroxylation is 1. The maximum absolute atomic E-state index is 12.6. The number of amides is 1. The first kappa shape index (κ1) is 15.7. The highest BCUT2D eigenvalue weighted by Crippen LogP contribution is 2.27. The van der Waals surface area contributed by atoms with Gasteiger partial charge in [-0.15, -0.1) is 5.10 Å². The molecule has 6 heteroatoms. The van der Waals surface area contributed by atoms with E-state index in [4.69, 9.17) is 16.3 Å². The van der Waals surface area contributed by atoms with Gasteiger partial charge < -0.3 is 10.1 Å². The fraction of sp³-hybridized carbons (Fsp3) is 0.158. The van der Waals surface area contributed by atoms with E-state index in [0.29, 0.717) is 23.0 Å². The zero-order valence-electron chi connectivity index (χ0n) is 13.6. The van der Waals surface area contributed by atoms with Crippen molar-refractivity contribution in [3.63, 3.8) is 0 Å². The van der Waals surface area contributed by atoms with Crippen LogP contribution in [0.3, 0.4) is 0 Å². The molecule has 0 spiro atoms. The maximum atomic E-state index is 12.6. The molecule has 0 atom stereocenters. The van der Waals surface area contributed by atoms with Gasteiger partial charge in [-0.25, -0.2) is 4.68 Å². The Balaban J connectivity index is 1.59. The number of carbonyl (C=O) groups is 1. The lowest BCUT2D eigenvalue weighted by atomic mass is 10.1. The second-order valence-corrected chi connectivity index (χ2v) is 6.34. The highest BCUT2D eigenvalue weighted by Gasteiger charge is 2.17. The van der Waals surface area contributed by atoms with E-state index in [0.717, 1.165) is 29.0 Å². The molecule has 2 heterocycles. The van der Waals surface area contributed by atoms with Gasteiger partial charge in [-0.1, -0.05) is 23.7 Å². The summed E-state index contributed by atoms with van der Waals surface area (Å²) in [4.78, 5) is 12.6. The third-order valence-electron chi connectivity index (χ3n) is 4.18. The van der Waals surface area contributed by atoms with Gasteiger partial charge in [0.1, 0.15) is 5.75 Å². The summed E-state index contributed by atoms with van der Waals surface area (Å²) >= 11 is 6.22. The van der Waals surface area contributed by atoms with Crippen LogP contribution in [-0.4, -0.2) is 22.3 Å². The second kappa shape index (κ2) is 6.26. The van der Waals surface area contributed by atoms with Crippen LogP contribution in [0.5, 0.6) is 5.75 Å². The smallest absolute Gasteiger partial charge is 0.256 e. The number of aromatic nitrogens is 2. The molecule has 1 N–H and O–H groups in total. The fourth-order valence-corrected chi connectivity index (χ4v) is 3.07. The van der Waals surface area contributed by atoms with Crippen LogP contribution in [-0.2, 0) is 6.42 Å². The molecule has 0 saturated carbocycles. The van der Waals surface area contributed by atoms with Crippen LogP contribution in [0.25, 0.3) is 5.69 Å². The minimum absolute atomic E-state index is 0.192. The summed E-state index contributed by atoms with van der Waals surface area (Å²) in [5.74, 6) is 1.18. The van der Waals surface area contributed by atoms with Gasteiger partial charge >= 0.3 is 0 Å². The van der Waals surface area contributed by atoms with Gasteiger partial charge in [0.25, 0.3) is 5.91 Å². The molecule has 0 saturated heterocycles. The number of ether oxygens (including phenoxy) is 1. The highest BCUT2D eigenvalue weighted by molar-refractivity contribution is 6.32. The fourth-order valence-electron chi connectivity index (χ4n) is 2.85. The van der Waals surface area contributed by atoms with Crippen molar-refractivity contribution in [2.24, 2.45) is 0 Å². The van der Waals surface area contributed by atoms with E-state index in [-0.39, 0.29) is 5.91 Å². The van der Waals surface area contributed by atoms with Crippen molar-refractivity contribution in [3.8, 4) is 11.4 Å². The Bertz CT molecular complexity index is 965. The summed E-state index contributed by atoms with van der Waals surface area (Å²) in [6.07, 6.45) is 2.67. The number of anilines is 1. The molecule has 2 aromatic carbocycles. The first-order chi connectivity index (χ1) is 12.1. The van der Waals surface area contributed by atoms with Crippen LogP contribution < -0.4 is 10.1 Å². The second-order valence-electron chi connectivity index (χ2n) is 5.93. The molecule has 0 aliphatic carbocycles. The normalized spacial score (nSPS) is 12.6. The van der Waals surface area contributed by atoms with Gasteiger partial charge in [-0.05, 0) is 42.8 Å². The highest BCUT2D eigenvalue weighted by atomic mass is 35.5. The number of hydrogen-bond donors (Lipinski definition) is 1. The monoisotopic (exact) mass is 353 g/mol. The molecular formula is C19H16ClN3O2. The van der Waals surface area contributed by atoms with Gasteiger partial charge in [0.15, 0.2) is 5.82 Å². The average molecular weight is 354 g/mol. The summed E-state index contributed by atoms with van der Waals surface area (Å²) < 4.78 is 7.14. The Labute approximate surface area is 150 Å². The maximum Gasteiger partial charge on any atom is 0.256 e. The Hall–Kier alpha value is -2.79. The summed E-state index contributed by atoms with van der Waals surface area (Å²) in [7, 11) is 0. The van der Waals surface area contributed by atoms with E-state index in [2.05, 4.69) is 10.4 Å². The molecule has 3 aromatic rings. The van der Waals surface area contributed by atoms with Crippen molar-refractivity contribution in [2.45, 2.75) is 13.3 Å². The minimum atomic E-state index is -0.192. The molecule has 5 nitrogen and oxygen atoms in total. The van der Waals surface area contributed by atoms with E-state index in [1.165, 1.54) is 0 Å². The van der Waals surface area contributed by atoms with Crippen LogP contribution >= 0.6 is 11.6 Å². The number of nitrogens with zero attached hydrogens (tertiary/aromatic N) is 2. The summed E-state index contributed by atoms with van der Waals surface area (Å²) in [6, 6.07) is 12.9. The van der Waals surface area contributed by atoms with Crippen molar-refractivity contribution in [1.82, 2.24) is 9.78 Å². The van der Waals surface area contributed by atoms with Gasteiger partial charge in [0, 0.05) is 23.7 Å². The molecule has 1 aromatic heterocycles. The molecule has 126 valence electrons. The van der Waals surface area contributed by atoms with Gasteiger partial charge in [-0.2, -0.15) is 0 Å². The summed E-state index contributed by atoms with van der Waals surface area (Å²) in [5, 5.41) is 7.93. The van der Waals surface area contributed by atoms with Crippen LogP contribution in [0.15, 0.2) is 48.7 Å². The van der Waals surface area contributed by atoms with Crippen molar-refractivity contribution in [2.75, 3.05) is 11.9 Å². The van der Waals surface area contributed by atoms with Crippen LogP contribution in [0.4, 0.5) is 5.82 Å². The number of carbonyl (C=O) groups excluding carboxylic acids is 1. The minimum Gasteiger partial charge on any atom is -0.493 e. The number of halogens is 1. The lowest BCUT2D eigenvalue weighted by Gasteiger charge is -2.06. The van der Waals surface area contributed by atoms with E-state index in [1.54, 1.807) is 16.8 Å². The molecule has 25 heavy (non-hydrogen) atoms. The third-order valence-corrected chi connectivity index (χ3v) is 4.50. The molecule has 1 amide bonds. The quantitative estimate of drug-likeness (QED) is 0.773. The van der Waals surface area contributed by atoms with Gasteiger partial charge in [-0.3, -0.25) is 4.79 Å². The molecule has 0 fully saturated rings. The number of fused-ring (bicyclic) bond motifs is 1. The largest absolute Gasteiger partial charge is 0.493 e. The van der Waals surface area contributed by atoms with Crippen molar-refractivity contribution < 1.29 is 9.53 Å². The van der Waals surface area contributed by atoms with E-state index >= 15 is 0 Å². The predicted molar refractivity (Wildman–Crippen MR) is 96.9 cm³/mol. The summed E-state index contributed by atoms with van der Waals surface area (Å²) in [6.45, 7) is 2.56. The van der Waals surface area contributed by atoms with Gasteiger partial charge in [0.2, 0.25) is 0 Å². The van der Waals surface area contributed by atoms with Crippen LogP contribution in [0.2, 0.25) is 5.02 Å². The molecule has 4 rings (SSSR count). The van der Waals surface area contributed by atoms with Crippen molar-refractivity contribution in [3.05, 3.63) is 70.4 Å². The van der Waals surface area contributed by atoms with Gasteiger partial charge in [0.05, 0.1) is 17.3 Å². The van der Waals surface area contributed by atoms with E-state index in [1.807, 2.05) is 43.5 Å². The topological polar surface area (TPSA) is 56.2 Å². The SMILES string of the molecule is Cc1cn(-c2ccccc2Cl)nc1NC(=O)c1ccc2c(c1)CCO2. The third kappa shape index (κ3) is 2.98. The number of rotatable bonds is 3. The molecule has 0 unspecified atom stereocenters. The molecule has 1 aliphatic heterocycles. The number of hydrogen-bond acceptors (Lipinski definition) is 3. The Morgan fingerprint density at radius 1 is 1.28 bits per heavy atom. The van der Waals surface area contributed by atoms with Crippen molar-refractivity contribution in [1.29, 1.82) is 0 Å². The standard InChI is InChI=1S/C19H16ClN3O2/c1-12-11-23(16-5-3-2-4-15(16)20)22-18(12)21-19(24)14-6-7-17-13(10-14)8-9-25-17/h2-7,10-11H,8-9H2,1H3,(H,21,22,24). The lowest BCUT2D eigenvalue weighted by Crippen LogP contribution is -2.13. The number of nitrogens with one attached hydrogen (secondary N) is 1. The molecule has 1 aliphatic rings. The van der Waals surface area contributed by atoms with Crippen LogP contribution in [0, 0.1) is 6.92 Å². The Morgan fingerprint density at radius 2 is 2.12 bits per heavy atom. The van der Waals surface area contributed by atoms with E-state index in [9.17, 15) is 4.79 Å². The Kier molecular flexibility index (Phi) is 3.93. The molecular weight excluding hydrogens is 338 g/mol. The first-order valence-electron chi connectivity index (χ1n) is 8.00. The lowest BCUT2D eigenvalue weighted by molar-refractivity contribution is 0.102. The molecule has 0 radical (unpaired) electrons. The number of para-hydroxylation sites is 1. The Morgan fingerprint density at radius 3 is 2.96 bits per heavy atom. The van der Waals surface area contributed by atoms with Crippen molar-refractivity contribution >= 4 is 23.3 Å². The summed E-state index contributed by atoms with van der Waals surface area (Å²) in [5.41, 5.74) is 3.28. The molecule has 0 bridgehead atoms. The van der Waals surface area contributed by atoms with E-state index < -0.39 is 0 Å².